The molecule has 0 saturated heterocycles. The summed E-state index contributed by atoms with van der Waals surface area (Å²) in [6.07, 6.45) is 2.87. The topological polar surface area (TPSA) is 94.1 Å². The zero-order valence-electron chi connectivity index (χ0n) is 10.9. The number of hydrogen-bond donors (Lipinski definition) is 1. The molecule has 1 N–H and O–H groups in total. The summed E-state index contributed by atoms with van der Waals surface area (Å²) in [6, 6.07) is 1.31. The van der Waals surface area contributed by atoms with Gasteiger partial charge in [-0.2, -0.15) is 0 Å². The van der Waals surface area contributed by atoms with E-state index in [2.05, 4.69) is 15.3 Å². The molecule has 19 heavy (non-hydrogen) atoms. The van der Waals surface area contributed by atoms with Gasteiger partial charge in [0.05, 0.1) is 11.1 Å². The quantitative estimate of drug-likeness (QED) is 0.672. The number of aromatic nitrogens is 2. The van der Waals surface area contributed by atoms with Crippen LogP contribution in [-0.4, -0.2) is 14.9 Å². The minimum absolute atomic E-state index is 0.0253. The maximum atomic E-state index is 10.6. The standard InChI is InChI=1S/C12H14N4O3/c1-7-4-10(16(17)18)6-13-11(7)15-9(3)12-14-5-8(2)19-12/h4-6,9H,1-3H3,(H,13,15). The van der Waals surface area contributed by atoms with Crippen molar-refractivity contribution in [3.63, 3.8) is 0 Å². The second-order valence-corrected chi connectivity index (χ2v) is 4.29. The second kappa shape index (κ2) is 5.05. The summed E-state index contributed by atoms with van der Waals surface area (Å²) in [5, 5.41) is 13.7. The number of oxazole rings is 1. The first-order chi connectivity index (χ1) is 8.97. The van der Waals surface area contributed by atoms with E-state index in [1.165, 1.54) is 12.3 Å². The van der Waals surface area contributed by atoms with Crippen LogP contribution in [0, 0.1) is 24.0 Å². The summed E-state index contributed by atoms with van der Waals surface area (Å²) < 4.78 is 5.41. The summed E-state index contributed by atoms with van der Waals surface area (Å²) in [4.78, 5) is 18.3. The normalized spacial score (nSPS) is 12.2. The third-order valence-electron chi connectivity index (χ3n) is 2.64. The van der Waals surface area contributed by atoms with Crippen molar-refractivity contribution in [2.24, 2.45) is 0 Å². The van der Waals surface area contributed by atoms with Crippen LogP contribution in [0.2, 0.25) is 0 Å². The van der Waals surface area contributed by atoms with Gasteiger partial charge in [-0.1, -0.05) is 0 Å². The van der Waals surface area contributed by atoms with Crippen molar-refractivity contribution < 1.29 is 9.34 Å². The number of rotatable bonds is 4. The molecule has 0 saturated carbocycles. The van der Waals surface area contributed by atoms with Gasteiger partial charge in [0.25, 0.3) is 5.69 Å². The van der Waals surface area contributed by atoms with Crippen LogP contribution in [0.1, 0.15) is 30.2 Å². The minimum Gasteiger partial charge on any atom is -0.444 e. The molecule has 0 amide bonds. The Labute approximate surface area is 109 Å². The van der Waals surface area contributed by atoms with E-state index >= 15 is 0 Å². The zero-order valence-corrected chi connectivity index (χ0v) is 10.9. The van der Waals surface area contributed by atoms with Crippen molar-refractivity contribution in [1.82, 2.24) is 9.97 Å². The van der Waals surface area contributed by atoms with Gasteiger partial charge in [-0.05, 0) is 26.3 Å². The first kappa shape index (κ1) is 13.0. The summed E-state index contributed by atoms with van der Waals surface area (Å²) in [7, 11) is 0. The van der Waals surface area contributed by atoms with Crippen molar-refractivity contribution >= 4 is 11.5 Å². The van der Waals surface area contributed by atoms with E-state index < -0.39 is 4.92 Å². The Morgan fingerprint density at radius 1 is 1.37 bits per heavy atom. The van der Waals surface area contributed by atoms with Gasteiger partial charge < -0.3 is 9.73 Å². The van der Waals surface area contributed by atoms with E-state index in [0.717, 1.165) is 5.76 Å². The van der Waals surface area contributed by atoms with Crippen LogP contribution in [0.3, 0.4) is 0 Å². The molecule has 7 heteroatoms. The fourth-order valence-electron chi connectivity index (χ4n) is 1.65. The Bertz CT molecular complexity index is 609. The fourth-order valence-corrected chi connectivity index (χ4v) is 1.65. The molecule has 2 aromatic rings. The Morgan fingerprint density at radius 2 is 2.11 bits per heavy atom. The average molecular weight is 262 g/mol. The van der Waals surface area contributed by atoms with Crippen molar-refractivity contribution in [1.29, 1.82) is 0 Å². The molecule has 0 spiro atoms. The molecule has 0 bridgehead atoms. The first-order valence-electron chi connectivity index (χ1n) is 5.77. The average Bonchev–Trinajstić information content (AvgIpc) is 2.78. The second-order valence-electron chi connectivity index (χ2n) is 4.29. The molecule has 100 valence electrons. The van der Waals surface area contributed by atoms with Gasteiger partial charge in [0, 0.05) is 6.07 Å². The summed E-state index contributed by atoms with van der Waals surface area (Å²) in [6.45, 7) is 5.46. The van der Waals surface area contributed by atoms with Crippen molar-refractivity contribution in [2.45, 2.75) is 26.8 Å². The third-order valence-corrected chi connectivity index (χ3v) is 2.64. The molecule has 0 aromatic carbocycles. The third kappa shape index (κ3) is 2.87. The number of aryl methyl sites for hydroxylation is 2. The van der Waals surface area contributed by atoms with Crippen LogP contribution in [-0.2, 0) is 0 Å². The minimum atomic E-state index is -0.468. The molecule has 0 aliphatic heterocycles. The van der Waals surface area contributed by atoms with E-state index in [1.807, 2.05) is 13.8 Å². The smallest absolute Gasteiger partial charge is 0.287 e. The van der Waals surface area contributed by atoms with E-state index in [0.29, 0.717) is 17.3 Å². The molecular formula is C12H14N4O3. The van der Waals surface area contributed by atoms with Crippen LogP contribution < -0.4 is 5.32 Å². The molecule has 2 heterocycles. The maximum Gasteiger partial charge on any atom is 0.287 e. The number of anilines is 1. The maximum absolute atomic E-state index is 10.6. The Morgan fingerprint density at radius 3 is 2.63 bits per heavy atom. The number of pyridine rings is 1. The number of hydrogen-bond acceptors (Lipinski definition) is 6. The fraction of sp³-hybridized carbons (Fsp3) is 0.333. The lowest BCUT2D eigenvalue weighted by atomic mass is 10.2. The summed E-state index contributed by atoms with van der Waals surface area (Å²) in [5.74, 6) is 1.86. The van der Waals surface area contributed by atoms with E-state index in [-0.39, 0.29) is 11.7 Å². The Hall–Kier alpha value is -2.44. The van der Waals surface area contributed by atoms with Gasteiger partial charge in [-0.15, -0.1) is 0 Å². The number of nitro groups is 1. The van der Waals surface area contributed by atoms with Crippen LogP contribution in [0.4, 0.5) is 11.5 Å². The summed E-state index contributed by atoms with van der Waals surface area (Å²) >= 11 is 0. The molecule has 0 aliphatic rings. The predicted octanol–water partition coefficient (Wildman–Crippen LogP) is 2.77. The molecule has 0 fully saturated rings. The summed E-state index contributed by atoms with van der Waals surface area (Å²) in [5.41, 5.74) is 0.673. The molecule has 0 aliphatic carbocycles. The largest absolute Gasteiger partial charge is 0.444 e. The SMILES string of the molecule is Cc1cnc(C(C)Nc2ncc([N+](=O)[O-])cc2C)o1. The highest BCUT2D eigenvalue weighted by Crippen LogP contribution is 2.22. The molecule has 1 unspecified atom stereocenters. The van der Waals surface area contributed by atoms with Gasteiger partial charge >= 0.3 is 0 Å². The van der Waals surface area contributed by atoms with Crippen LogP contribution in [0.5, 0.6) is 0 Å². The molecular weight excluding hydrogens is 248 g/mol. The van der Waals surface area contributed by atoms with Crippen LogP contribution in [0.15, 0.2) is 22.9 Å². The Kier molecular flexibility index (Phi) is 3.46. The molecule has 2 aromatic heterocycles. The van der Waals surface area contributed by atoms with E-state index in [9.17, 15) is 10.1 Å². The molecule has 1 atom stereocenters. The van der Waals surface area contributed by atoms with Crippen molar-refractivity contribution in [3.05, 3.63) is 45.8 Å². The van der Waals surface area contributed by atoms with Gasteiger partial charge in [0.15, 0.2) is 0 Å². The van der Waals surface area contributed by atoms with Crippen LogP contribution in [0.25, 0.3) is 0 Å². The van der Waals surface area contributed by atoms with Gasteiger partial charge in [-0.25, -0.2) is 9.97 Å². The number of nitrogens with zero attached hydrogens (tertiary/aromatic N) is 3. The highest BCUT2D eigenvalue weighted by Gasteiger charge is 2.15. The lowest BCUT2D eigenvalue weighted by Crippen LogP contribution is -2.09. The number of nitrogens with one attached hydrogen (secondary N) is 1. The first-order valence-corrected chi connectivity index (χ1v) is 5.77. The van der Waals surface area contributed by atoms with E-state index in [1.54, 1.807) is 13.1 Å². The van der Waals surface area contributed by atoms with Gasteiger partial charge in [-0.3, -0.25) is 10.1 Å². The van der Waals surface area contributed by atoms with Crippen molar-refractivity contribution in [2.75, 3.05) is 5.32 Å². The van der Waals surface area contributed by atoms with E-state index in [4.69, 9.17) is 4.42 Å². The highest BCUT2D eigenvalue weighted by molar-refractivity contribution is 5.48. The van der Waals surface area contributed by atoms with Crippen LogP contribution >= 0.6 is 0 Å². The monoisotopic (exact) mass is 262 g/mol. The lowest BCUT2D eigenvalue weighted by Gasteiger charge is -2.12. The predicted molar refractivity (Wildman–Crippen MR) is 68.9 cm³/mol. The highest BCUT2D eigenvalue weighted by atomic mass is 16.6. The Balaban J connectivity index is 2.17. The van der Waals surface area contributed by atoms with Gasteiger partial charge in [0.2, 0.25) is 5.89 Å². The lowest BCUT2D eigenvalue weighted by molar-refractivity contribution is -0.385. The zero-order chi connectivity index (χ0) is 14.0. The molecule has 2 rings (SSSR count). The van der Waals surface area contributed by atoms with Crippen molar-refractivity contribution in [3.8, 4) is 0 Å². The molecule has 0 radical (unpaired) electrons. The molecule has 7 nitrogen and oxygen atoms in total. The van der Waals surface area contributed by atoms with Gasteiger partial charge in [0.1, 0.15) is 23.8 Å².